The first-order valence-electron chi connectivity index (χ1n) is 11.8. The van der Waals surface area contributed by atoms with E-state index in [-0.39, 0.29) is 37.0 Å². The third kappa shape index (κ3) is 8.86. The smallest absolute Gasteiger partial charge is 0.339 e. The van der Waals surface area contributed by atoms with Gasteiger partial charge in [-0.25, -0.2) is 4.79 Å². The van der Waals surface area contributed by atoms with Crippen molar-refractivity contribution in [3.63, 3.8) is 0 Å². The summed E-state index contributed by atoms with van der Waals surface area (Å²) in [5.74, 6) is -4.05. The highest BCUT2D eigenvalue weighted by Gasteiger charge is 2.31. The Morgan fingerprint density at radius 1 is 0.758 bits per heavy atom. The Hall–Kier alpha value is -2.90. The molecule has 0 fully saturated rings. The lowest BCUT2D eigenvalue weighted by atomic mass is 9.97. The summed E-state index contributed by atoms with van der Waals surface area (Å²) in [5.41, 5.74) is -0.445. The van der Waals surface area contributed by atoms with Gasteiger partial charge in [0.15, 0.2) is 17.3 Å². The van der Waals surface area contributed by atoms with Crippen molar-refractivity contribution >= 4 is 23.7 Å². The molecular weight excluding hydrogens is 428 g/mol. The number of carbonyl (C=O) groups is 4. The summed E-state index contributed by atoms with van der Waals surface area (Å²) in [5, 5.41) is 10.6. The van der Waals surface area contributed by atoms with Gasteiger partial charge in [-0.05, 0) is 31.7 Å². The number of rotatable bonds is 15. The second-order valence-electron chi connectivity index (χ2n) is 7.79. The lowest BCUT2D eigenvalue weighted by molar-refractivity contribution is -0.137. The van der Waals surface area contributed by atoms with Gasteiger partial charge in [0.05, 0.1) is 17.7 Å². The molecule has 184 valence electrons. The quantitative estimate of drug-likeness (QED) is 0.205. The van der Waals surface area contributed by atoms with Crippen LogP contribution in [0.25, 0.3) is 0 Å². The molecule has 0 aliphatic heterocycles. The van der Waals surface area contributed by atoms with E-state index in [9.17, 15) is 24.3 Å². The van der Waals surface area contributed by atoms with Crippen LogP contribution in [0.15, 0.2) is 6.07 Å². The molecule has 0 saturated heterocycles. The van der Waals surface area contributed by atoms with Gasteiger partial charge in [0.1, 0.15) is 0 Å². The number of esters is 3. The van der Waals surface area contributed by atoms with Crippen molar-refractivity contribution < 1.29 is 38.5 Å². The van der Waals surface area contributed by atoms with Gasteiger partial charge in [0, 0.05) is 19.3 Å². The number of ether oxygens (including phenoxy) is 3. The fraction of sp³-hybridized carbons (Fsp3) is 0.600. The van der Waals surface area contributed by atoms with Crippen molar-refractivity contribution in [3.05, 3.63) is 17.2 Å². The number of unbranched alkanes of at least 4 members (excludes halogenated alkanes) is 3. The topological polar surface area (TPSA) is 116 Å². The number of phenols is 1. The van der Waals surface area contributed by atoms with Crippen LogP contribution < -0.4 is 9.47 Å². The number of ketones is 1. The van der Waals surface area contributed by atoms with Crippen LogP contribution in [0.2, 0.25) is 0 Å². The maximum Gasteiger partial charge on any atom is 0.339 e. The van der Waals surface area contributed by atoms with Crippen LogP contribution in [0.5, 0.6) is 17.2 Å². The van der Waals surface area contributed by atoms with Crippen LogP contribution in [0.3, 0.4) is 0 Å². The number of phenolic OH excluding ortho intramolecular Hbond substituents is 1. The number of benzene rings is 1. The van der Waals surface area contributed by atoms with Crippen molar-refractivity contribution in [2.45, 2.75) is 91.9 Å². The van der Waals surface area contributed by atoms with Gasteiger partial charge < -0.3 is 19.3 Å². The van der Waals surface area contributed by atoms with E-state index in [1.54, 1.807) is 0 Å². The lowest BCUT2D eigenvalue weighted by Gasteiger charge is -2.18. The average molecular weight is 465 g/mol. The molecule has 0 aliphatic carbocycles. The molecule has 0 spiro atoms. The molecule has 0 aliphatic rings. The highest BCUT2D eigenvalue weighted by Crippen LogP contribution is 2.43. The molecule has 0 aromatic heterocycles. The number of aromatic hydroxyl groups is 1. The van der Waals surface area contributed by atoms with Gasteiger partial charge in [-0.3, -0.25) is 14.4 Å². The minimum absolute atomic E-state index is 0.0631. The summed E-state index contributed by atoms with van der Waals surface area (Å²) in [6.07, 6.45) is 4.66. The van der Waals surface area contributed by atoms with E-state index in [2.05, 4.69) is 0 Å². The monoisotopic (exact) mass is 464 g/mol. The van der Waals surface area contributed by atoms with Gasteiger partial charge in [-0.2, -0.15) is 0 Å². The zero-order chi connectivity index (χ0) is 24.8. The summed E-state index contributed by atoms with van der Waals surface area (Å²) in [7, 11) is 0. The van der Waals surface area contributed by atoms with Crippen LogP contribution >= 0.6 is 0 Å². The second kappa shape index (κ2) is 15.0. The molecule has 1 N–H and O–H groups in total. The third-order valence-corrected chi connectivity index (χ3v) is 4.81. The van der Waals surface area contributed by atoms with Gasteiger partial charge in [-0.15, -0.1) is 0 Å². The Kier molecular flexibility index (Phi) is 12.8. The molecular formula is C25H36O8. The SMILES string of the molecule is CCCCC(=O)Oc1c(O)cc(C(=O)OCCC)c(C(=O)CCCC)c1OC(=O)CCCC. The van der Waals surface area contributed by atoms with Crippen molar-refractivity contribution in [3.8, 4) is 17.2 Å². The summed E-state index contributed by atoms with van der Waals surface area (Å²) in [4.78, 5) is 50.6. The van der Waals surface area contributed by atoms with Crippen molar-refractivity contribution in [1.82, 2.24) is 0 Å². The molecule has 0 radical (unpaired) electrons. The highest BCUT2D eigenvalue weighted by molar-refractivity contribution is 6.10. The number of hydrogen-bond acceptors (Lipinski definition) is 8. The summed E-state index contributed by atoms with van der Waals surface area (Å²) >= 11 is 0. The van der Waals surface area contributed by atoms with Gasteiger partial charge in [-0.1, -0.05) is 47.0 Å². The van der Waals surface area contributed by atoms with E-state index in [0.717, 1.165) is 25.3 Å². The van der Waals surface area contributed by atoms with Crippen LogP contribution in [-0.4, -0.2) is 35.4 Å². The minimum atomic E-state index is -0.832. The maximum atomic E-state index is 13.1. The Morgan fingerprint density at radius 2 is 1.27 bits per heavy atom. The zero-order valence-corrected chi connectivity index (χ0v) is 20.2. The molecule has 0 heterocycles. The molecule has 8 heteroatoms. The lowest BCUT2D eigenvalue weighted by Crippen LogP contribution is -2.19. The van der Waals surface area contributed by atoms with Crippen LogP contribution in [0.4, 0.5) is 0 Å². The molecule has 1 rings (SSSR count). The molecule has 33 heavy (non-hydrogen) atoms. The van der Waals surface area contributed by atoms with E-state index in [0.29, 0.717) is 25.7 Å². The Bertz CT molecular complexity index is 828. The summed E-state index contributed by atoms with van der Waals surface area (Å²) < 4.78 is 16.0. The van der Waals surface area contributed by atoms with E-state index >= 15 is 0 Å². The van der Waals surface area contributed by atoms with Gasteiger partial charge in [0.2, 0.25) is 5.75 Å². The molecule has 0 unspecified atom stereocenters. The molecule has 1 aromatic carbocycles. The molecule has 1 aromatic rings. The van der Waals surface area contributed by atoms with E-state index in [4.69, 9.17) is 14.2 Å². The van der Waals surface area contributed by atoms with Crippen LogP contribution in [0, 0.1) is 0 Å². The molecule has 0 atom stereocenters. The second-order valence-corrected chi connectivity index (χ2v) is 7.79. The molecule has 0 amide bonds. The largest absolute Gasteiger partial charge is 0.504 e. The Balaban J connectivity index is 3.64. The molecule has 0 saturated carbocycles. The minimum Gasteiger partial charge on any atom is -0.504 e. The highest BCUT2D eigenvalue weighted by atomic mass is 16.6. The van der Waals surface area contributed by atoms with Crippen molar-refractivity contribution in [2.24, 2.45) is 0 Å². The van der Waals surface area contributed by atoms with Gasteiger partial charge >= 0.3 is 17.9 Å². The van der Waals surface area contributed by atoms with Crippen molar-refractivity contribution in [1.29, 1.82) is 0 Å². The van der Waals surface area contributed by atoms with Gasteiger partial charge in [0.25, 0.3) is 0 Å². The number of carbonyl (C=O) groups excluding carboxylic acids is 4. The van der Waals surface area contributed by atoms with E-state index in [1.165, 1.54) is 0 Å². The van der Waals surface area contributed by atoms with E-state index < -0.39 is 40.9 Å². The summed E-state index contributed by atoms with van der Waals surface area (Å²) in [6.45, 7) is 7.66. The fourth-order valence-electron chi connectivity index (χ4n) is 2.97. The molecule has 8 nitrogen and oxygen atoms in total. The Morgan fingerprint density at radius 3 is 1.79 bits per heavy atom. The normalized spacial score (nSPS) is 10.5. The standard InChI is InChI=1S/C25H36O8/c1-5-9-12-18(26)22-17(25(30)31-15-8-4)16-19(27)23(32-20(28)13-10-6-2)24(22)33-21(29)14-11-7-3/h16,27H,5-15H2,1-4H3. The van der Waals surface area contributed by atoms with Crippen LogP contribution in [-0.2, 0) is 14.3 Å². The predicted octanol–water partition coefficient (Wildman–Crippen LogP) is 5.52. The fourth-order valence-corrected chi connectivity index (χ4v) is 2.97. The average Bonchev–Trinajstić information content (AvgIpc) is 2.80. The first-order chi connectivity index (χ1) is 15.8. The Labute approximate surface area is 195 Å². The number of hydrogen-bond donors (Lipinski definition) is 1. The third-order valence-electron chi connectivity index (χ3n) is 4.81. The van der Waals surface area contributed by atoms with Crippen LogP contribution in [0.1, 0.15) is 113 Å². The zero-order valence-electron chi connectivity index (χ0n) is 20.2. The summed E-state index contributed by atoms with van der Waals surface area (Å²) in [6, 6.07) is 1.03. The predicted molar refractivity (Wildman–Crippen MR) is 123 cm³/mol. The van der Waals surface area contributed by atoms with Crippen molar-refractivity contribution in [2.75, 3.05) is 6.61 Å². The first-order valence-corrected chi connectivity index (χ1v) is 11.8. The van der Waals surface area contributed by atoms with E-state index in [1.807, 2.05) is 27.7 Å². The maximum absolute atomic E-state index is 13.1. The number of Topliss-reactive ketones (excluding diaryl/α,β-unsaturated/α-hetero) is 1. The molecule has 0 bridgehead atoms. The first kappa shape index (κ1) is 28.1.